The molecule has 0 fully saturated rings. The zero-order chi connectivity index (χ0) is 17.1. The summed E-state index contributed by atoms with van der Waals surface area (Å²) in [4.78, 5) is 4.68. The summed E-state index contributed by atoms with van der Waals surface area (Å²) < 4.78 is 1.76. The van der Waals surface area contributed by atoms with Gasteiger partial charge < -0.3 is 5.11 Å². The van der Waals surface area contributed by atoms with Crippen LogP contribution in [0.2, 0.25) is 0 Å². The first-order valence-corrected chi connectivity index (χ1v) is 8.25. The zero-order valence-electron chi connectivity index (χ0n) is 14.3. The molecule has 0 radical (unpaired) electrons. The first-order valence-electron chi connectivity index (χ1n) is 8.25. The molecule has 3 aromatic rings. The Labute approximate surface area is 141 Å². The summed E-state index contributed by atoms with van der Waals surface area (Å²) in [6.45, 7) is 6.75. The summed E-state index contributed by atoms with van der Waals surface area (Å²) in [6.07, 6.45) is 0.810. The largest absolute Gasteiger partial charge is 0.394 e. The second kappa shape index (κ2) is 6.97. The highest BCUT2D eigenvalue weighted by Gasteiger charge is 2.19. The highest BCUT2D eigenvalue weighted by atomic mass is 16.3. The molecule has 3 rings (SSSR count). The van der Waals surface area contributed by atoms with E-state index in [4.69, 9.17) is 0 Å². The number of nitrogens with zero attached hydrogens (tertiary/aromatic N) is 4. The van der Waals surface area contributed by atoms with Gasteiger partial charge in [-0.1, -0.05) is 44.2 Å². The summed E-state index contributed by atoms with van der Waals surface area (Å²) in [5.41, 5.74) is 3.86. The molecule has 2 heterocycles. The van der Waals surface area contributed by atoms with Gasteiger partial charge in [-0.15, -0.1) is 0 Å². The van der Waals surface area contributed by atoms with Crippen LogP contribution in [0.3, 0.4) is 0 Å². The second-order valence-corrected chi connectivity index (χ2v) is 6.33. The lowest BCUT2D eigenvalue weighted by Crippen LogP contribution is -2.07. The van der Waals surface area contributed by atoms with Crippen molar-refractivity contribution in [2.24, 2.45) is 5.92 Å². The van der Waals surface area contributed by atoms with E-state index in [-0.39, 0.29) is 6.61 Å². The van der Waals surface area contributed by atoms with Crippen LogP contribution in [0.4, 0.5) is 0 Å². The number of aromatic amines is 1. The Bertz CT molecular complexity index is 804. The van der Waals surface area contributed by atoms with Crippen LogP contribution in [0.25, 0.3) is 22.8 Å². The van der Waals surface area contributed by atoms with E-state index in [9.17, 15) is 5.11 Å². The zero-order valence-corrected chi connectivity index (χ0v) is 14.3. The van der Waals surface area contributed by atoms with Crippen molar-refractivity contribution >= 4 is 0 Å². The number of H-pyrrole nitrogens is 1. The maximum atomic E-state index is 9.32. The van der Waals surface area contributed by atoms with Crippen molar-refractivity contribution in [2.45, 2.75) is 33.7 Å². The van der Waals surface area contributed by atoms with E-state index in [1.165, 1.54) is 0 Å². The Balaban J connectivity index is 2.02. The van der Waals surface area contributed by atoms with E-state index < -0.39 is 0 Å². The summed E-state index contributed by atoms with van der Waals surface area (Å²) >= 11 is 0. The molecule has 0 bridgehead atoms. The molecule has 0 aliphatic rings. The number of nitrogens with one attached hydrogen (secondary N) is 1. The number of aliphatic hydroxyl groups is 1. The Morgan fingerprint density at radius 1 is 1.21 bits per heavy atom. The Hall–Kier alpha value is -2.47. The summed E-state index contributed by atoms with van der Waals surface area (Å²) in [7, 11) is 0. The van der Waals surface area contributed by atoms with Crippen LogP contribution in [0.15, 0.2) is 30.3 Å². The molecule has 1 aromatic carbocycles. The first kappa shape index (κ1) is 16.4. The van der Waals surface area contributed by atoms with Crippen molar-refractivity contribution in [1.82, 2.24) is 25.0 Å². The molecular formula is C18H23N5O. The topological polar surface area (TPSA) is 79.6 Å². The molecule has 0 unspecified atom stereocenters. The monoisotopic (exact) mass is 325 g/mol. The maximum Gasteiger partial charge on any atom is 0.176 e. The predicted molar refractivity (Wildman–Crippen MR) is 93.4 cm³/mol. The molecule has 0 saturated carbocycles. The maximum absolute atomic E-state index is 9.32. The van der Waals surface area contributed by atoms with Crippen molar-refractivity contribution in [3.8, 4) is 22.8 Å². The number of rotatable bonds is 6. The third-order valence-electron chi connectivity index (χ3n) is 3.90. The quantitative estimate of drug-likeness (QED) is 0.730. The van der Waals surface area contributed by atoms with Crippen LogP contribution in [-0.2, 0) is 13.0 Å². The molecule has 6 nitrogen and oxygen atoms in total. The average Bonchev–Trinajstić information content (AvgIpc) is 3.11. The lowest BCUT2D eigenvalue weighted by molar-refractivity contribution is 0.269. The second-order valence-electron chi connectivity index (χ2n) is 6.33. The van der Waals surface area contributed by atoms with Gasteiger partial charge in [0.25, 0.3) is 0 Å². The highest BCUT2D eigenvalue weighted by molar-refractivity contribution is 5.70. The number of aromatic nitrogens is 5. The Kier molecular flexibility index (Phi) is 4.76. The minimum absolute atomic E-state index is 0.0240. The fourth-order valence-electron chi connectivity index (χ4n) is 2.77. The lowest BCUT2D eigenvalue weighted by atomic mass is 10.1. The van der Waals surface area contributed by atoms with E-state index in [1.807, 2.05) is 37.3 Å². The number of hydrogen-bond acceptors (Lipinski definition) is 4. The standard InChI is InChI=1S/C18H23N5O/c1-12(2)11-15-19-18(23(22-15)9-10-24)17-13(3)16(20-21-17)14-7-5-4-6-8-14/h4-8,12,24H,9-11H2,1-3H3,(H,20,21). The van der Waals surface area contributed by atoms with Crippen LogP contribution in [-0.4, -0.2) is 36.7 Å². The fourth-order valence-corrected chi connectivity index (χ4v) is 2.77. The van der Waals surface area contributed by atoms with Crippen molar-refractivity contribution in [3.63, 3.8) is 0 Å². The molecule has 126 valence electrons. The Morgan fingerprint density at radius 2 is 1.96 bits per heavy atom. The highest BCUT2D eigenvalue weighted by Crippen LogP contribution is 2.28. The van der Waals surface area contributed by atoms with Crippen molar-refractivity contribution in [1.29, 1.82) is 0 Å². The summed E-state index contributed by atoms with van der Waals surface area (Å²) in [6, 6.07) is 10.1. The normalized spacial score (nSPS) is 11.4. The van der Waals surface area contributed by atoms with Crippen molar-refractivity contribution < 1.29 is 5.11 Å². The molecule has 0 amide bonds. The van der Waals surface area contributed by atoms with Gasteiger partial charge in [-0.2, -0.15) is 10.2 Å². The van der Waals surface area contributed by atoms with Crippen molar-refractivity contribution in [2.75, 3.05) is 6.61 Å². The van der Waals surface area contributed by atoms with Gasteiger partial charge in [-0.05, 0) is 12.8 Å². The van der Waals surface area contributed by atoms with Crippen LogP contribution in [0.5, 0.6) is 0 Å². The third kappa shape index (κ3) is 3.23. The van der Waals surface area contributed by atoms with Crippen LogP contribution >= 0.6 is 0 Å². The molecular weight excluding hydrogens is 302 g/mol. The molecule has 0 spiro atoms. The van der Waals surface area contributed by atoms with Crippen LogP contribution < -0.4 is 0 Å². The number of hydrogen-bond donors (Lipinski definition) is 2. The first-order chi connectivity index (χ1) is 11.6. The molecule has 0 atom stereocenters. The van der Waals surface area contributed by atoms with E-state index in [0.29, 0.717) is 12.5 Å². The smallest absolute Gasteiger partial charge is 0.176 e. The van der Waals surface area contributed by atoms with Gasteiger partial charge in [-0.25, -0.2) is 9.67 Å². The van der Waals surface area contributed by atoms with Crippen LogP contribution in [0, 0.1) is 12.8 Å². The van der Waals surface area contributed by atoms with Gasteiger partial charge >= 0.3 is 0 Å². The Morgan fingerprint density at radius 3 is 2.62 bits per heavy atom. The minimum atomic E-state index is 0.0240. The summed E-state index contributed by atoms with van der Waals surface area (Å²) in [5, 5.41) is 21.4. The van der Waals surface area contributed by atoms with Gasteiger partial charge in [-0.3, -0.25) is 5.10 Å². The molecule has 0 saturated heterocycles. The van der Waals surface area contributed by atoms with E-state index in [0.717, 1.165) is 40.6 Å². The van der Waals surface area contributed by atoms with E-state index in [1.54, 1.807) is 4.68 Å². The molecule has 2 N–H and O–H groups in total. The third-order valence-corrected chi connectivity index (χ3v) is 3.90. The van der Waals surface area contributed by atoms with Crippen LogP contribution in [0.1, 0.15) is 25.2 Å². The number of aliphatic hydroxyl groups excluding tert-OH is 1. The molecule has 6 heteroatoms. The van der Waals surface area contributed by atoms with Gasteiger partial charge in [0.15, 0.2) is 11.6 Å². The average molecular weight is 325 g/mol. The predicted octanol–water partition coefficient (Wildman–Crippen LogP) is 2.83. The minimum Gasteiger partial charge on any atom is -0.394 e. The van der Waals surface area contributed by atoms with Gasteiger partial charge in [0.1, 0.15) is 5.69 Å². The molecule has 24 heavy (non-hydrogen) atoms. The molecule has 2 aromatic heterocycles. The van der Waals surface area contributed by atoms with E-state index >= 15 is 0 Å². The number of benzene rings is 1. The van der Waals surface area contributed by atoms with Crippen molar-refractivity contribution in [3.05, 3.63) is 41.7 Å². The van der Waals surface area contributed by atoms with Gasteiger partial charge in [0.2, 0.25) is 0 Å². The summed E-state index contributed by atoms with van der Waals surface area (Å²) in [5.74, 6) is 2.00. The molecule has 0 aliphatic carbocycles. The molecule has 0 aliphatic heterocycles. The van der Waals surface area contributed by atoms with Gasteiger partial charge in [0, 0.05) is 17.5 Å². The lowest BCUT2D eigenvalue weighted by Gasteiger charge is -2.03. The van der Waals surface area contributed by atoms with E-state index in [2.05, 4.69) is 34.1 Å². The fraction of sp³-hybridized carbons (Fsp3) is 0.389. The van der Waals surface area contributed by atoms with Gasteiger partial charge in [0.05, 0.1) is 18.8 Å². The SMILES string of the molecule is Cc1c(-c2ccccc2)n[nH]c1-c1nc(CC(C)C)nn1CCO.